The molecule has 0 fully saturated rings. The van der Waals surface area contributed by atoms with Gasteiger partial charge >= 0.3 is 0 Å². The Balaban J connectivity index is 2.76. The van der Waals surface area contributed by atoms with Crippen molar-refractivity contribution in [2.45, 2.75) is 6.42 Å². The summed E-state index contributed by atoms with van der Waals surface area (Å²) in [5.74, 6) is 0. The summed E-state index contributed by atoms with van der Waals surface area (Å²) in [5.41, 5.74) is 0. The Hall–Kier alpha value is -0.190. The van der Waals surface area contributed by atoms with E-state index in [0.717, 1.165) is 27.6 Å². The van der Waals surface area contributed by atoms with E-state index in [4.69, 9.17) is 11.6 Å². The molecule has 54 valence electrons. The zero-order valence-electron chi connectivity index (χ0n) is 4.80. The fourth-order valence-corrected chi connectivity index (χ4v) is 2.43. The minimum absolute atomic E-state index is 0.00733. The lowest BCUT2D eigenvalue weighted by atomic mass is 10.4. The molecule has 0 aliphatic rings. The van der Waals surface area contributed by atoms with E-state index >= 15 is 0 Å². The number of rotatable bonds is 2. The zero-order chi connectivity index (χ0) is 7.56. The van der Waals surface area contributed by atoms with E-state index in [-0.39, 0.29) is 10.5 Å². The van der Waals surface area contributed by atoms with Gasteiger partial charge in [0, 0.05) is 10.3 Å². The summed E-state index contributed by atoms with van der Waals surface area (Å²) >= 11 is 7.26. The molecule has 0 aliphatic carbocycles. The van der Waals surface area contributed by atoms with Gasteiger partial charge in [0.05, 0.1) is 6.42 Å². The Bertz CT molecular complexity index is 288. The summed E-state index contributed by atoms with van der Waals surface area (Å²) in [6.07, 6.45) is 0.172. The quantitative estimate of drug-likeness (QED) is 0.669. The van der Waals surface area contributed by atoms with E-state index in [0.29, 0.717) is 0 Å². The molecule has 0 saturated heterocycles. The van der Waals surface area contributed by atoms with Crippen molar-refractivity contribution in [3.63, 3.8) is 0 Å². The van der Waals surface area contributed by atoms with Crippen LogP contribution in [0, 0.1) is 0 Å². The van der Waals surface area contributed by atoms with Crippen LogP contribution < -0.4 is 4.06 Å². The summed E-state index contributed by atoms with van der Waals surface area (Å²) in [5, 5.41) is 1.24. The van der Waals surface area contributed by atoms with Crippen LogP contribution in [0.4, 0.5) is 0 Å². The third-order valence-corrected chi connectivity index (χ3v) is 2.92. The number of carbonyl (C=O) groups is 1. The summed E-state index contributed by atoms with van der Waals surface area (Å²) < 4.78 is 0.00733. The SMILES string of the molecule is O=C(Cl)Cc1csc(=O)s1. The lowest BCUT2D eigenvalue weighted by Crippen LogP contribution is -1.89. The van der Waals surface area contributed by atoms with Crippen molar-refractivity contribution in [2.24, 2.45) is 0 Å². The van der Waals surface area contributed by atoms with E-state index in [9.17, 15) is 9.59 Å². The van der Waals surface area contributed by atoms with Gasteiger partial charge in [-0.2, -0.15) is 0 Å². The smallest absolute Gasteiger partial charge is 0.281 e. The fraction of sp³-hybridized carbons (Fsp3) is 0.200. The van der Waals surface area contributed by atoms with Gasteiger partial charge in [-0.1, -0.05) is 22.7 Å². The van der Waals surface area contributed by atoms with Gasteiger partial charge in [0.25, 0.3) is 4.06 Å². The van der Waals surface area contributed by atoms with Gasteiger partial charge in [0.15, 0.2) is 0 Å². The molecule has 0 unspecified atom stereocenters. The average Bonchev–Trinajstić information content (AvgIpc) is 2.13. The molecule has 0 amide bonds. The Morgan fingerprint density at radius 1 is 1.70 bits per heavy atom. The maximum absolute atomic E-state index is 10.6. The maximum Gasteiger partial charge on any atom is 0.287 e. The third-order valence-electron chi connectivity index (χ3n) is 0.814. The topological polar surface area (TPSA) is 34.1 Å². The van der Waals surface area contributed by atoms with Crippen molar-refractivity contribution in [3.05, 3.63) is 19.1 Å². The number of hydrogen-bond donors (Lipinski definition) is 0. The van der Waals surface area contributed by atoms with Crippen LogP contribution in [0.5, 0.6) is 0 Å². The van der Waals surface area contributed by atoms with E-state index < -0.39 is 5.24 Å². The largest absolute Gasteiger partial charge is 0.287 e. The second kappa shape index (κ2) is 3.27. The second-order valence-corrected chi connectivity index (χ2v) is 4.21. The van der Waals surface area contributed by atoms with Crippen LogP contribution in [-0.4, -0.2) is 5.24 Å². The molecule has 0 radical (unpaired) electrons. The molecule has 1 aromatic rings. The molecular weight excluding hydrogens is 192 g/mol. The van der Waals surface area contributed by atoms with Crippen LogP contribution in [0.2, 0.25) is 0 Å². The Kier molecular flexibility index (Phi) is 2.59. The minimum atomic E-state index is -0.422. The molecule has 2 nitrogen and oxygen atoms in total. The molecule has 5 heteroatoms. The van der Waals surface area contributed by atoms with Gasteiger partial charge in [0.1, 0.15) is 0 Å². The molecule has 0 spiro atoms. The molecule has 0 aromatic carbocycles. The fourth-order valence-electron chi connectivity index (χ4n) is 0.484. The van der Waals surface area contributed by atoms with Gasteiger partial charge in [0.2, 0.25) is 5.24 Å². The summed E-state index contributed by atoms with van der Waals surface area (Å²) in [6.45, 7) is 0. The molecule has 0 aliphatic heterocycles. The summed E-state index contributed by atoms with van der Waals surface area (Å²) in [7, 11) is 0. The molecule has 0 bridgehead atoms. The van der Waals surface area contributed by atoms with Crippen molar-refractivity contribution in [1.82, 2.24) is 0 Å². The van der Waals surface area contributed by atoms with Crippen molar-refractivity contribution in [3.8, 4) is 0 Å². The predicted octanol–water partition coefficient (Wildman–Crippen LogP) is 1.48. The van der Waals surface area contributed by atoms with E-state index in [2.05, 4.69) is 0 Å². The van der Waals surface area contributed by atoms with Crippen molar-refractivity contribution < 1.29 is 4.79 Å². The third kappa shape index (κ3) is 2.21. The van der Waals surface area contributed by atoms with Crippen LogP contribution >= 0.6 is 34.3 Å². The van der Waals surface area contributed by atoms with Crippen LogP contribution in [0.3, 0.4) is 0 Å². The predicted molar refractivity (Wildman–Crippen MR) is 43.0 cm³/mol. The van der Waals surface area contributed by atoms with Gasteiger partial charge < -0.3 is 0 Å². The van der Waals surface area contributed by atoms with Crippen LogP contribution in [0.15, 0.2) is 10.2 Å². The first-order valence-electron chi connectivity index (χ1n) is 2.44. The molecule has 0 N–H and O–H groups in total. The second-order valence-electron chi connectivity index (χ2n) is 1.59. The maximum atomic E-state index is 10.6. The number of carbonyl (C=O) groups excluding carboxylic acids is 1. The highest BCUT2D eigenvalue weighted by atomic mass is 35.5. The standard InChI is InChI=1S/C5H3ClO2S2/c6-4(7)1-3-2-9-5(8)10-3/h2H,1H2. The Morgan fingerprint density at radius 2 is 2.40 bits per heavy atom. The minimum Gasteiger partial charge on any atom is -0.281 e. The van der Waals surface area contributed by atoms with Gasteiger partial charge in [-0.15, -0.1) is 0 Å². The normalized spacial score (nSPS) is 9.70. The highest BCUT2D eigenvalue weighted by Crippen LogP contribution is 2.08. The summed E-state index contributed by atoms with van der Waals surface area (Å²) in [4.78, 5) is 21.6. The first kappa shape index (κ1) is 7.91. The van der Waals surface area contributed by atoms with Crippen molar-refractivity contribution in [2.75, 3.05) is 0 Å². The van der Waals surface area contributed by atoms with Gasteiger partial charge in [-0.05, 0) is 11.6 Å². The van der Waals surface area contributed by atoms with Gasteiger partial charge in [-0.25, -0.2) is 0 Å². The summed E-state index contributed by atoms with van der Waals surface area (Å²) in [6, 6.07) is 0. The highest BCUT2D eigenvalue weighted by molar-refractivity contribution is 7.26. The molecule has 1 rings (SSSR count). The van der Waals surface area contributed by atoms with Crippen molar-refractivity contribution in [1.29, 1.82) is 0 Å². The molecule has 1 aromatic heterocycles. The van der Waals surface area contributed by atoms with E-state index in [1.54, 1.807) is 5.38 Å². The molecule has 0 atom stereocenters. The van der Waals surface area contributed by atoms with Gasteiger partial charge in [-0.3, -0.25) is 9.59 Å². The zero-order valence-corrected chi connectivity index (χ0v) is 7.18. The monoisotopic (exact) mass is 194 g/mol. The van der Waals surface area contributed by atoms with E-state index in [1.807, 2.05) is 0 Å². The van der Waals surface area contributed by atoms with Crippen LogP contribution in [0.1, 0.15) is 4.88 Å². The Morgan fingerprint density at radius 3 is 2.80 bits per heavy atom. The number of halogens is 1. The lowest BCUT2D eigenvalue weighted by Gasteiger charge is -1.82. The van der Waals surface area contributed by atoms with E-state index in [1.165, 1.54) is 0 Å². The number of hydrogen-bond acceptors (Lipinski definition) is 4. The first-order chi connectivity index (χ1) is 4.68. The highest BCUT2D eigenvalue weighted by Gasteiger charge is 2.01. The molecule has 0 saturated carbocycles. The van der Waals surface area contributed by atoms with Crippen LogP contribution in [0.25, 0.3) is 0 Å². The van der Waals surface area contributed by atoms with Crippen LogP contribution in [-0.2, 0) is 11.2 Å². The molecular formula is C5H3ClO2S2. The molecule has 10 heavy (non-hydrogen) atoms. The first-order valence-corrected chi connectivity index (χ1v) is 4.52. The molecule has 1 heterocycles. The Labute approximate surface area is 70.1 Å². The van der Waals surface area contributed by atoms with Crippen molar-refractivity contribution >= 4 is 39.5 Å². The lowest BCUT2D eigenvalue weighted by molar-refractivity contribution is -0.111. The average molecular weight is 195 g/mol.